The molecule has 4 rings (SSSR count). The van der Waals surface area contributed by atoms with E-state index in [9.17, 15) is 14.7 Å². The van der Waals surface area contributed by atoms with Crippen molar-refractivity contribution in [2.24, 2.45) is 5.92 Å². The van der Waals surface area contributed by atoms with Crippen molar-refractivity contribution < 1.29 is 19.4 Å². The van der Waals surface area contributed by atoms with Gasteiger partial charge in [-0.15, -0.1) is 0 Å². The van der Waals surface area contributed by atoms with Gasteiger partial charge < -0.3 is 19.6 Å². The van der Waals surface area contributed by atoms with Crippen LogP contribution in [-0.4, -0.2) is 65.1 Å². The number of likely N-dealkylation sites (N-methyl/N-ethyl adjacent to an activating group) is 1. The summed E-state index contributed by atoms with van der Waals surface area (Å²) in [4.78, 5) is 30.5. The van der Waals surface area contributed by atoms with Crippen LogP contribution in [0.25, 0.3) is 0 Å². The molecule has 206 valence electrons. The van der Waals surface area contributed by atoms with Crippen molar-refractivity contribution in [3.63, 3.8) is 0 Å². The highest BCUT2D eigenvalue weighted by Gasteiger charge is 2.61. The van der Waals surface area contributed by atoms with Gasteiger partial charge in [0.05, 0.1) is 16.5 Å². The van der Waals surface area contributed by atoms with Crippen LogP contribution in [0.5, 0.6) is 5.75 Å². The fourth-order valence-corrected chi connectivity index (χ4v) is 6.93. The van der Waals surface area contributed by atoms with Crippen molar-refractivity contribution in [1.82, 2.24) is 9.80 Å². The molecule has 0 radical (unpaired) electrons. The standard InChI is InChI=1S/C30H38Cl2N2O4/c1-20(2)18-34(28(37)15-22-8-9-26(31)27(32)14-22)24-10-11-30(38-21(3)35)19-33(4)13-12-29(30,17-24)23-6-5-7-25(36)16-23/h5-9,14,16,20,24,36H,10-13,15,17-19H2,1-4H3. The van der Waals surface area contributed by atoms with Gasteiger partial charge in [0.15, 0.2) is 0 Å². The number of piperidine rings is 1. The van der Waals surface area contributed by atoms with E-state index in [-0.39, 0.29) is 36.0 Å². The van der Waals surface area contributed by atoms with Crippen LogP contribution in [0.3, 0.4) is 0 Å². The van der Waals surface area contributed by atoms with Crippen LogP contribution in [-0.2, 0) is 26.2 Å². The van der Waals surface area contributed by atoms with Crippen LogP contribution in [0, 0.1) is 5.92 Å². The summed E-state index contributed by atoms with van der Waals surface area (Å²) in [5, 5.41) is 11.3. The highest BCUT2D eigenvalue weighted by molar-refractivity contribution is 6.42. The summed E-state index contributed by atoms with van der Waals surface area (Å²) in [6, 6.07) is 12.6. The summed E-state index contributed by atoms with van der Waals surface area (Å²) < 4.78 is 6.25. The Morgan fingerprint density at radius 2 is 1.92 bits per heavy atom. The number of carbonyl (C=O) groups excluding carboxylic acids is 2. The number of halogens is 2. The number of fused-ring (bicyclic) bond motifs is 1. The lowest BCUT2D eigenvalue weighted by Crippen LogP contribution is -2.68. The molecule has 1 aliphatic carbocycles. The molecule has 1 heterocycles. The first-order chi connectivity index (χ1) is 17.9. The minimum atomic E-state index is -0.744. The number of benzene rings is 2. The van der Waals surface area contributed by atoms with Gasteiger partial charge in [0.2, 0.25) is 5.91 Å². The lowest BCUT2D eigenvalue weighted by molar-refractivity contribution is -0.189. The molecule has 1 amide bonds. The number of nitrogens with zero attached hydrogens (tertiary/aromatic N) is 2. The second-order valence-corrected chi connectivity index (χ2v) is 12.3. The first-order valence-corrected chi connectivity index (χ1v) is 14.1. The zero-order valence-electron chi connectivity index (χ0n) is 22.7. The molecule has 1 saturated carbocycles. The molecule has 0 bridgehead atoms. The SMILES string of the molecule is CC(=O)OC12CCC(N(CC(C)C)C(=O)Cc3ccc(Cl)c(Cl)c3)CC1(c1cccc(O)c1)CCN(C)C2. The number of amides is 1. The van der Waals surface area contributed by atoms with E-state index in [1.807, 2.05) is 23.1 Å². The number of rotatable bonds is 7. The average molecular weight is 562 g/mol. The summed E-state index contributed by atoms with van der Waals surface area (Å²) in [6.07, 6.45) is 3.00. The van der Waals surface area contributed by atoms with Crippen molar-refractivity contribution in [3.05, 3.63) is 63.6 Å². The largest absolute Gasteiger partial charge is 0.508 e. The normalized spacial score (nSPS) is 25.6. The zero-order chi connectivity index (χ0) is 27.7. The van der Waals surface area contributed by atoms with E-state index in [0.717, 1.165) is 30.5 Å². The van der Waals surface area contributed by atoms with Crippen LogP contribution in [0.4, 0.5) is 0 Å². The summed E-state index contributed by atoms with van der Waals surface area (Å²) in [5.41, 5.74) is 0.501. The molecule has 2 fully saturated rings. The quantitative estimate of drug-likeness (QED) is 0.430. The molecular formula is C30H38Cl2N2O4. The predicted molar refractivity (Wildman–Crippen MR) is 151 cm³/mol. The average Bonchev–Trinajstić information content (AvgIpc) is 2.84. The van der Waals surface area contributed by atoms with Crippen LogP contribution in [0.2, 0.25) is 10.0 Å². The minimum Gasteiger partial charge on any atom is -0.508 e. The first-order valence-electron chi connectivity index (χ1n) is 13.4. The number of phenolic OH excluding ortho intramolecular Hbond substituents is 1. The number of carbonyl (C=O) groups is 2. The van der Waals surface area contributed by atoms with Gasteiger partial charge in [0.1, 0.15) is 11.4 Å². The monoisotopic (exact) mass is 560 g/mol. The van der Waals surface area contributed by atoms with Crippen LogP contribution >= 0.6 is 23.2 Å². The molecule has 2 aromatic carbocycles. The molecule has 3 atom stereocenters. The topological polar surface area (TPSA) is 70.1 Å². The minimum absolute atomic E-state index is 0.0397. The summed E-state index contributed by atoms with van der Waals surface area (Å²) in [7, 11) is 2.05. The van der Waals surface area contributed by atoms with Gasteiger partial charge in [-0.2, -0.15) is 0 Å². The Labute approximate surface area is 235 Å². The Balaban J connectivity index is 1.73. The van der Waals surface area contributed by atoms with E-state index in [1.165, 1.54) is 6.92 Å². The number of phenols is 1. The molecule has 0 aromatic heterocycles. The molecular weight excluding hydrogens is 523 g/mol. The predicted octanol–water partition coefficient (Wildman–Crippen LogP) is 5.85. The van der Waals surface area contributed by atoms with E-state index >= 15 is 0 Å². The summed E-state index contributed by atoms with van der Waals surface area (Å²) >= 11 is 12.3. The second kappa shape index (κ2) is 11.4. The number of esters is 1. The molecule has 2 aromatic rings. The number of hydrogen-bond donors (Lipinski definition) is 1. The molecule has 1 aliphatic heterocycles. The molecule has 1 saturated heterocycles. The van der Waals surface area contributed by atoms with E-state index in [0.29, 0.717) is 36.0 Å². The van der Waals surface area contributed by atoms with Gasteiger partial charge >= 0.3 is 5.97 Å². The summed E-state index contributed by atoms with van der Waals surface area (Å²) in [6.45, 7) is 7.76. The zero-order valence-corrected chi connectivity index (χ0v) is 24.2. The van der Waals surface area contributed by atoms with Crippen LogP contribution in [0.1, 0.15) is 57.6 Å². The van der Waals surface area contributed by atoms with E-state index in [2.05, 4.69) is 25.8 Å². The lowest BCUT2D eigenvalue weighted by Gasteiger charge is -2.60. The Morgan fingerprint density at radius 3 is 2.58 bits per heavy atom. The number of aromatic hydroxyl groups is 1. The highest BCUT2D eigenvalue weighted by atomic mass is 35.5. The van der Waals surface area contributed by atoms with Gasteiger partial charge in [-0.05, 0) is 80.6 Å². The maximum Gasteiger partial charge on any atom is 0.303 e. The maximum absolute atomic E-state index is 13.8. The first kappa shape index (κ1) is 28.7. The van der Waals surface area contributed by atoms with Crippen molar-refractivity contribution >= 4 is 35.1 Å². The third kappa shape index (κ3) is 5.83. The Bertz CT molecular complexity index is 1190. The van der Waals surface area contributed by atoms with Gasteiger partial charge in [-0.25, -0.2) is 0 Å². The Morgan fingerprint density at radius 1 is 1.16 bits per heavy atom. The lowest BCUT2D eigenvalue weighted by atomic mass is 9.55. The van der Waals surface area contributed by atoms with Crippen molar-refractivity contribution in [1.29, 1.82) is 0 Å². The molecule has 8 heteroatoms. The molecule has 38 heavy (non-hydrogen) atoms. The van der Waals surface area contributed by atoms with Crippen molar-refractivity contribution in [3.8, 4) is 5.75 Å². The number of ether oxygens (including phenoxy) is 1. The molecule has 3 unspecified atom stereocenters. The van der Waals surface area contributed by atoms with Gasteiger partial charge in [-0.1, -0.05) is 55.2 Å². The van der Waals surface area contributed by atoms with Gasteiger partial charge in [0, 0.05) is 31.5 Å². The van der Waals surface area contributed by atoms with Crippen molar-refractivity contribution in [2.45, 2.75) is 69.9 Å². The van der Waals surface area contributed by atoms with Crippen LogP contribution in [0.15, 0.2) is 42.5 Å². The van der Waals surface area contributed by atoms with E-state index < -0.39 is 11.0 Å². The van der Waals surface area contributed by atoms with Gasteiger partial charge in [-0.3, -0.25) is 9.59 Å². The number of likely N-dealkylation sites (tertiary alicyclic amines) is 1. The highest BCUT2D eigenvalue weighted by Crippen LogP contribution is 2.54. The molecule has 2 aliphatic rings. The second-order valence-electron chi connectivity index (χ2n) is 11.5. The maximum atomic E-state index is 13.8. The molecule has 0 spiro atoms. The Kier molecular flexibility index (Phi) is 8.65. The Hall–Kier alpha value is -2.28. The van der Waals surface area contributed by atoms with Crippen LogP contribution < -0.4 is 0 Å². The fourth-order valence-electron chi connectivity index (χ4n) is 6.61. The summed E-state index contributed by atoms with van der Waals surface area (Å²) in [5.74, 6) is 0.200. The van der Waals surface area contributed by atoms with E-state index in [4.69, 9.17) is 27.9 Å². The number of hydrogen-bond acceptors (Lipinski definition) is 5. The molecule has 1 N–H and O–H groups in total. The smallest absolute Gasteiger partial charge is 0.303 e. The van der Waals surface area contributed by atoms with E-state index in [1.54, 1.807) is 24.3 Å². The third-order valence-electron chi connectivity index (χ3n) is 8.18. The molecule has 6 nitrogen and oxygen atoms in total. The third-order valence-corrected chi connectivity index (χ3v) is 8.92. The van der Waals surface area contributed by atoms with Crippen molar-refractivity contribution in [2.75, 3.05) is 26.7 Å². The van der Waals surface area contributed by atoms with Gasteiger partial charge in [0.25, 0.3) is 0 Å². The fraction of sp³-hybridized carbons (Fsp3) is 0.533.